The number of benzene rings is 4. The minimum atomic E-state index is -0.882. The van der Waals surface area contributed by atoms with Crippen molar-refractivity contribution in [2.24, 2.45) is 0 Å². The molecular formula is C37H39NO7. The van der Waals surface area contributed by atoms with Crippen LogP contribution in [0.3, 0.4) is 0 Å². The number of unbranched alkanes of at least 4 members (excludes halogenated alkanes) is 5. The first-order valence-corrected chi connectivity index (χ1v) is 15.6. The van der Waals surface area contributed by atoms with E-state index in [0.717, 1.165) is 49.3 Å². The normalized spacial score (nSPS) is 12.1. The molecule has 0 fully saturated rings. The number of nitrogen functional groups attached to an aromatic ring is 1. The predicted molar refractivity (Wildman–Crippen MR) is 173 cm³/mol. The van der Waals surface area contributed by atoms with E-state index in [1.165, 1.54) is 31.7 Å². The number of ether oxygens (including phenoxy) is 2. The van der Waals surface area contributed by atoms with Crippen LogP contribution in [0, 0.1) is 0 Å². The quantitative estimate of drug-likeness (QED) is 0.0591. The van der Waals surface area contributed by atoms with Gasteiger partial charge in [-0.05, 0) is 61.1 Å². The number of aryl methyl sites for hydroxylation is 2. The molecule has 45 heavy (non-hydrogen) atoms. The molecule has 4 aromatic rings. The molecule has 0 atom stereocenters. The van der Waals surface area contributed by atoms with E-state index in [2.05, 4.69) is 13.8 Å². The van der Waals surface area contributed by atoms with Crippen LogP contribution in [-0.4, -0.2) is 26.9 Å². The van der Waals surface area contributed by atoms with E-state index in [4.69, 9.17) is 15.2 Å². The Balaban J connectivity index is 1.40. The summed E-state index contributed by atoms with van der Waals surface area (Å²) in [6.45, 7) is 4.31. The fourth-order valence-corrected chi connectivity index (χ4v) is 5.64. The van der Waals surface area contributed by atoms with Crippen molar-refractivity contribution in [3.05, 3.63) is 94.0 Å². The molecule has 234 valence electrons. The van der Waals surface area contributed by atoms with Crippen LogP contribution in [-0.2, 0) is 12.8 Å². The number of anilines is 1. The number of aromatic hydroxyl groups is 3. The second-order valence-electron chi connectivity index (χ2n) is 11.5. The maximum absolute atomic E-state index is 13.7. The van der Waals surface area contributed by atoms with Crippen LogP contribution < -0.4 is 15.2 Å². The van der Waals surface area contributed by atoms with Gasteiger partial charge in [-0.25, -0.2) is 0 Å². The van der Waals surface area contributed by atoms with E-state index in [1.54, 1.807) is 24.3 Å². The highest BCUT2D eigenvalue weighted by Crippen LogP contribution is 2.49. The summed E-state index contributed by atoms with van der Waals surface area (Å²) in [5.41, 5.74) is 6.81. The van der Waals surface area contributed by atoms with Crippen LogP contribution in [0.2, 0.25) is 0 Å². The van der Waals surface area contributed by atoms with Crippen molar-refractivity contribution in [3.63, 3.8) is 0 Å². The molecule has 0 bridgehead atoms. The second-order valence-corrected chi connectivity index (χ2v) is 11.5. The van der Waals surface area contributed by atoms with E-state index in [9.17, 15) is 24.9 Å². The summed E-state index contributed by atoms with van der Waals surface area (Å²) < 4.78 is 11.7. The average molecular weight is 610 g/mol. The number of fused-ring (bicyclic) bond motifs is 2. The van der Waals surface area contributed by atoms with Crippen molar-refractivity contribution in [3.8, 4) is 40.2 Å². The van der Waals surface area contributed by atoms with Gasteiger partial charge >= 0.3 is 0 Å². The topological polar surface area (TPSA) is 139 Å². The van der Waals surface area contributed by atoms with Crippen molar-refractivity contribution < 1.29 is 34.4 Å². The largest absolute Gasteiger partial charge is 0.507 e. The summed E-state index contributed by atoms with van der Waals surface area (Å²) in [5.74, 6) is -3.05. The number of hydrogen-bond donors (Lipinski definition) is 4. The molecule has 0 saturated heterocycles. The van der Waals surface area contributed by atoms with Gasteiger partial charge in [0.1, 0.15) is 17.2 Å². The predicted octanol–water partition coefficient (Wildman–Crippen LogP) is 8.60. The van der Waals surface area contributed by atoms with E-state index < -0.39 is 45.5 Å². The van der Waals surface area contributed by atoms with Crippen molar-refractivity contribution in [1.82, 2.24) is 0 Å². The van der Waals surface area contributed by atoms with E-state index in [-0.39, 0.29) is 22.7 Å². The molecule has 0 aromatic heterocycles. The standard InChI is InChI=1S/C37H39NO7/c1-3-5-7-8-9-11-23-14-18-24(19-15-23)44-28-20-26(38)30-32(34(28)40)37(43)31-27(39)21-29(35(41)33(31)36(30)42)45-25-16-12-22(13-17-25)10-6-4-2/h12-21,39-41H,3-11,38H2,1-2H3. The van der Waals surface area contributed by atoms with Gasteiger partial charge in [-0.15, -0.1) is 0 Å². The average Bonchev–Trinajstić information content (AvgIpc) is 3.03. The molecule has 5 rings (SSSR count). The fourth-order valence-electron chi connectivity index (χ4n) is 5.64. The second kappa shape index (κ2) is 13.8. The minimum absolute atomic E-state index is 0.116. The summed E-state index contributed by atoms with van der Waals surface area (Å²) in [4.78, 5) is 27.4. The molecule has 5 N–H and O–H groups in total. The van der Waals surface area contributed by atoms with Gasteiger partial charge in [-0.1, -0.05) is 70.2 Å². The molecule has 0 unspecified atom stereocenters. The van der Waals surface area contributed by atoms with Crippen LogP contribution in [0.25, 0.3) is 0 Å². The Labute approximate surface area is 263 Å². The lowest BCUT2D eigenvalue weighted by Gasteiger charge is -2.24. The number of carbonyl (C=O) groups is 2. The van der Waals surface area contributed by atoms with Crippen molar-refractivity contribution in [1.29, 1.82) is 0 Å². The number of carbonyl (C=O) groups excluding carboxylic acids is 2. The fraction of sp³-hybridized carbons (Fsp3) is 0.297. The number of phenolic OH excluding ortho intramolecular Hbond substituents is 3. The van der Waals surface area contributed by atoms with Crippen molar-refractivity contribution >= 4 is 17.3 Å². The van der Waals surface area contributed by atoms with E-state index in [1.807, 2.05) is 24.3 Å². The minimum Gasteiger partial charge on any atom is -0.507 e. The number of ketones is 2. The van der Waals surface area contributed by atoms with Crippen LogP contribution in [0.5, 0.6) is 40.2 Å². The van der Waals surface area contributed by atoms with Crippen LogP contribution in [0.4, 0.5) is 5.69 Å². The molecule has 8 heteroatoms. The zero-order chi connectivity index (χ0) is 32.1. The lowest BCUT2D eigenvalue weighted by molar-refractivity contribution is 0.0971. The summed E-state index contributed by atoms with van der Waals surface area (Å²) >= 11 is 0. The molecule has 1 aliphatic rings. The zero-order valence-electron chi connectivity index (χ0n) is 25.7. The molecule has 0 aliphatic heterocycles. The first-order valence-electron chi connectivity index (χ1n) is 15.6. The molecule has 0 saturated carbocycles. The van der Waals surface area contributed by atoms with Crippen molar-refractivity contribution in [2.75, 3.05) is 5.73 Å². The first kappa shape index (κ1) is 31.4. The molecule has 8 nitrogen and oxygen atoms in total. The Morgan fingerprint density at radius 3 is 1.60 bits per heavy atom. The lowest BCUT2D eigenvalue weighted by atomic mass is 9.81. The summed E-state index contributed by atoms with van der Waals surface area (Å²) in [7, 11) is 0. The maximum Gasteiger partial charge on any atom is 0.202 e. The Hall–Kier alpha value is -4.98. The van der Waals surface area contributed by atoms with Crippen LogP contribution >= 0.6 is 0 Å². The van der Waals surface area contributed by atoms with Crippen LogP contribution in [0.15, 0.2) is 60.7 Å². The number of rotatable bonds is 13. The number of hydrogen-bond acceptors (Lipinski definition) is 8. The molecular weight excluding hydrogens is 570 g/mol. The highest BCUT2D eigenvalue weighted by molar-refractivity contribution is 6.33. The lowest BCUT2D eigenvalue weighted by Crippen LogP contribution is -2.23. The first-order chi connectivity index (χ1) is 21.7. The maximum atomic E-state index is 13.7. The Morgan fingerprint density at radius 1 is 0.578 bits per heavy atom. The Morgan fingerprint density at radius 2 is 1.04 bits per heavy atom. The molecule has 1 aliphatic carbocycles. The third-order valence-corrected chi connectivity index (χ3v) is 8.14. The molecule has 4 aromatic carbocycles. The van der Waals surface area contributed by atoms with E-state index >= 15 is 0 Å². The zero-order valence-corrected chi connectivity index (χ0v) is 25.7. The van der Waals surface area contributed by atoms with Gasteiger partial charge in [0.25, 0.3) is 0 Å². The SMILES string of the molecule is CCCCCCCc1ccc(Oc2cc(N)c3c(c2O)C(=O)c2c(O)cc(Oc4ccc(CCCC)cc4)c(O)c2C3=O)cc1. The highest BCUT2D eigenvalue weighted by atomic mass is 16.5. The van der Waals surface area contributed by atoms with E-state index in [0.29, 0.717) is 11.5 Å². The highest BCUT2D eigenvalue weighted by Gasteiger charge is 2.40. The van der Waals surface area contributed by atoms with Gasteiger partial charge in [0.2, 0.25) is 11.6 Å². The Kier molecular flexibility index (Phi) is 9.62. The molecule has 0 radical (unpaired) electrons. The van der Waals surface area contributed by atoms with Gasteiger partial charge in [0, 0.05) is 17.8 Å². The van der Waals surface area contributed by atoms with Gasteiger partial charge in [-0.2, -0.15) is 0 Å². The molecule has 0 heterocycles. The third kappa shape index (κ3) is 6.60. The van der Waals surface area contributed by atoms with Gasteiger partial charge in [0.15, 0.2) is 23.0 Å². The summed E-state index contributed by atoms with van der Waals surface area (Å²) in [6.07, 6.45) is 9.94. The summed E-state index contributed by atoms with van der Waals surface area (Å²) in [5, 5.41) is 33.1. The summed E-state index contributed by atoms with van der Waals surface area (Å²) in [6, 6.07) is 17.0. The van der Waals surface area contributed by atoms with Gasteiger partial charge in [0.05, 0.1) is 22.3 Å². The molecule has 0 amide bonds. The Bertz CT molecular complexity index is 1710. The number of nitrogens with two attached hydrogens (primary N) is 1. The van der Waals surface area contributed by atoms with Gasteiger partial charge < -0.3 is 30.5 Å². The van der Waals surface area contributed by atoms with Crippen LogP contribution in [0.1, 0.15) is 102 Å². The number of phenols is 3. The van der Waals surface area contributed by atoms with Crippen molar-refractivity contribution in [2.45, 2.75) is 71.6 Å². The molecule has 0 spiro atoms. The smallest absolute Gasteiger partial charge is 0.202 e. The van der Waals surface area contributed by atoms with Gasteiger partial charge in [-0.3, -0.25) is 9.59 Å². The third-order valence-electron chi connectivity index (χ3n) is 8.14. The monoisotopic (exact) mass is 609 g/mol.